The third-order valence-electron chi connectivity index (χ3n) is 6.69. The first kappa shape index (κ1) is 16.0. The van der Waals surface area contributed by atoms with E-state index in [1.165, 1.54) is 19.3 Å². The molecule has 0 aliphatic heterocycles. The third kappa shape index (κ3) is 2.91. The number of hydrogen-bond donors (Lipinski definition) is 1. The second-order valence-electron chi connectivity index (χ2n) is 8.68. The highest BCUT2D eigenvalue weighted by molar-refractivity contribution is 5.81. The minimum absolute atomic E-state index is 0.00871. The first-order valence-corrected chi connectivity index (χ1v) is 9.77. The van der Waals surface area contributed by atoms with Gasteiger partial charge in [0.25, 0.3) is 0 Å². The number of aromatic nitrogens is 4. The molecule has 4 aliphatic carbocycles. The van der Waals surface area contributed by atoms with E-state index in [9.17, 15) is 4.79 Å². The molecule has 6 heteroatoms. The molecular weight excluding hydrogens is 326 g/mol. The van der Waals surface area contributed by atoms with Gasteiger partial charge in [-0.3, -0.25) is 4.79 Å². The summed E-state index contributed by atoms with van der Waals surface area (Å²) in [6, 6.07) is 9.70. The molecule has 1 N–H and O–H groups in total. The average molecular weight is 351 g/mol. The van der Waals surface area contributed by atoms with Crippen molar-refractivity contribution in [3.8, 4) is 0 Å². The van der Waals surface area contributed by atoms with Crippen LogP contribution in [0.5, 0.6) is 0 Å². The molecule has 4 aliphatic rings. The second-order valence-corrected chi connectivity index (χ2v) is 8.68. The van der Waals surface area contributed by atoms with Crippen LogP contribution in [0.2, 0.25) is 0 Å². The molecular formula is C20H25N5O. The molecule has 136 valence electrons. The van der Waals surface area contributed by atoms with Gasteiger partial charge in [0.15, 0.2) is 0 Å². The number of amides is 1. The van der Waals surface area contributed by atoms with E-state index < -0.39 is 6.04 Å². The van der Waals surface area contributed by atoms with Crippen LogP contribution >= 0.6 is 0 Å². The van der Waals surface area contributed by atoms with E-state index in [4.69, 9.17) is 0 Å². The molecule has 1 heterocycles. The first-order valence-electron chi connectivity index (χ1n) is 9.77. The Morgan fingerprint density at radius 2 is 1.77 bits per heavy atom. The topological polar surface area (TPSA) is 72.7 Å². The Morgan fingerprint density at radius 3 is 2.35 bits per heavy atom. The van der Waals surface area contributed by atoms with Gasteiger partial charge in [0.05, 0.1) is 0 Å². The van der Waals surface area contributed by atoms with Gasteiger partial charge in [-0.2, -0.15) is 0 Å². The summed E-state index contributed by atoms with van der Waals surface area (Å²) >= 11 is 0. The molecule has 4 bridgehead atoms. The molecule has 1 amide bonds. The molecule has 1 aromatic carbocycles. The number of tetrazole rings is 1. The fourth-order valence-corrected chi connectivity index (χ4v) is 6.06. The molecule has 6 nitrogen and oxygen atoms in total. The SMILES string of the molecule is O=C(NC12CC3CC(CC(C3)C1)C2)[C@@H](Cc1ccccc1)n1cnnn1. The van der Waals surface area contributed by atoms with Crippen LogP contribution in [-0.4, -0.2) is 31.7 Å². The summed E-state index contributed by atoms with van der Waals surface area (Å²) in [4.78, 5) is 13.3. The molecule has 0 radical (unpaired) electrons. The summed E-state index contributed by atoms with van der Waals surface area (Å²) in [7, 11) is 0. The molecule has 4 saturated carbocycles. The summed E-state index contributed by atoms with van der Waals surface area (Å²) in [5.41, 5.74) is 1.13. The number of benzene rings is 1. The molecule has 0 unspecified atom stereocenters. The Morgan fingerprint density at radius 1 is 1.12 bits per heavy atom. The number of carbonyl (C=O) groups is 1. The molecule has 6 rings (SSSR count). The minimum Gasteiger partial charge on any atom is -0.349 e. The maximum absolute atomic E-state index is 13.3. The first-order chi connectivity index (χ1) is 12.7. The monoisotopic (exact) mass is 351 g/mol. The van der Waals surface area contributed by atoms with Crippen molar-refractivity contribution in [1.29, 1.82) is 0 Å². The lowest BCUT2D eigenvalue weighted by Gasteiger charge is -2.57. The maximum Gasteiger partial charge on any atom is 0.245 e. The van der Waals surface area contributed by atoms with Crippen LogP contribution in [0, 0.1) is 17.8 Å². The fourth-order valence-electron chi connectivity index (χ4n) is 6.06. The zero-order valence-electron chi connectivity index (χ0n) is 14.9. The Kier molecular flexibility index (Phi) is 3.80. The lowest BCUT2D eigenvalue weighted by Crippen LogP contribution is -2.60. The van der Waals surface area contributed by atoms with Crippen LogP contribution in [0.4, 0.5) is 0 Å². The number of rotatable bonds is 5. The third-order valence-corrected chi connectivity index (χ3v) is 6.69. The van der Waals surface area contributed by atoms with E-state index in [1.54, 1.807) is 11.0 Å². The van der Waals surface area contributed by atoms with Crippen LogP contribution in [0.1, 0.15) is 50.1 Å². The predicted octanol–water partition coefficient (Wildman–Crippen LogP) is 2.54. The van der Waals surface area contributed by atoms with Gasteiger partial charge in [0.2, 0.25) is 5.91 Å². The number of hydrogen-bond acceptors (Lipinski definition) is 4. The lowest BCUT2D eigenvalue weighted by molar-refractivity contribution is -0.130. The van der Waals surface area contributed by atoms with Crippen molar-refractivity contribution in [1.82, 2.24) is 25.5 Å². The van der Waals surface area contributed by atoms with Crippen LogP contribution < -0.4 is 5.32 Å². The van der Waals surface area contributed by atoms with Gasteiger partial charge in [-0.05, 0) is 72.3 Å². The summed E-state index contributed by atoms with van der Waals surface area (Å²) in [6.45, 7) is 0. The van der Waals surface area contributed by atoms with Crippen molar-refractivity contribution in [2.45, 2.75) is 56.5 Å². The van der Waals surface area contributed by atoms with Crippen LogP contribution in [0.3, 0.4) is 0 Å². The van der Waals surface area contributed by atoms with Crippen LogP contribution in [-0.2, 0) is 11.2 Å². The Bertz CT molecular complexity index is 737. The van der Waals surface area contributed by atoms with Gasteiger partial charge in [-0.25, -0.2) is 4.68 Å². The van der Waals surface area contributed by atoms with Crippen LogP contribution in [0.15, 0.2) is 36.7 Å². The number of nitrogens with one attached hydrogen (secondary N) is 1. The highest BCUT2D eigenvalue weighted by atomic mass is 16.2. The van der Waals surface area contributed by atoms with Gasteiger partial charge < -0.3 is 5.32 Å². The summed E-state index contributed by atoms with van der Waals surface area (Å²) in [5.74, 6) is 2.48. The average Bonchev–Trinajstić information content (AvgIpc) is 3.13. The van der Waals surface area contributed by atoms with Crippen LogP contribution in [0.25, 0.3) is 0 Å². The summed E-state index contributed by atoms with van der Waals surface area (Å²) in [6.07, 6.45) is 9.72. The van der Waals surface area contributed by atoms with Gasteiger partial charge in [-0.1, -0.05) is 30.3 Å². The van der Waals surface area contributed by atoms with Crippen molar-refractivity contribution in [2.75, 3.05) is 0 Å². The molecule has 0 saturated heterocycles. The van der Waals surface area contributed by atoms with E-state index in [-0.39, 0.29) is 11.4 Å². The van der Waals surface area contributed by atoms with Gasteiger partial charge in [0.1, 0.15) is 12.4 Å². The molecule has 0 spiro atoms. The lowest BCUT2D eigenvalue weighted by atomic mass is 9.53. The Hall–Kier alpha value is -2.24. The van der Waals surface area contributed by atoms with Crippen molar-refractivity contribution in [3.63, 3.8) is 0 Å². The van der Waals surface area contributed by atoms with Gasteiger partial charge >= 0.3 is 0 Å². The summed E-state index contributed by atoms with van der Waals surface area (Å²) in [5, 5.41) is 15.0. The van der Waals surface area contributed by atoms with Gasteiger partial charge in [-0.15, -0.1) is 5.10 Å². The molecule has 4 fully saturated rings. The number of carbonyl (C=O) groups excluding carboxylic acids is 1. The van der Waals surface area contributed by atoms with Gasteiger partial charge in [0, 0.05) is 12.0 Å². The van der Waals surface area contributed by atoms with E-state index >= 15 is 0 Å². The highest BCUT2D eigenvalue weighted by Gasteiger charge is 2.52. The zero-order chi connectivity index (χ0) is 17.6. The van der Waals surface area contributed by atoms with E-state index in [0.717, 1.165) is 42.6 Å². The predicted molar refractivity (Wildman–Crippen MR) is 96.0 cm³/mol. The maximum atomic E-state index is 13.3. The second kappa shape index (κ2) is 6.18. The Balaban J connectivity index is 1.37. The van der Waals surface area contributed by atoms with E-state index in [1.807, 2.05) is 18.2 Å². The summed E-state index contributed by atoms with van der Waals surface area (Å²) < 4.78 is 1.60. The fraction of sp³-hybridized carbons (Fsp3) is 0.600. The number of nitrogens with zero attached hydrogens (tertiary/aromatic N) is 4. The largest absolute Gasteiger partial charge is 0.349 e. The van der Waals surface area contributed by atoms with E-state index in [0.29, 0.717) is 6.42 Å². The smallest absolute Gasteiger partial charge is 0.245 e. The molecule has 1 aromatic heterocycles. The normalized spacial score (nSPS) is 33.2. The van der Waals surface area contributed by atoms with Crippen molar-refractivity contribution >= 4 is 5.91 Å². The molecule has 2 aromatic rings. The standard InChI is InChI=1S/C20H25N5O/c26-19(22-20-10-15-6-16(11-20)8-17(7-15)12-20)18(25-13-21-23-24-25)9-14-4-2-1-3-5-14/h1-5,13,15-18H,6-12H2,(H,22,26)/t15?,16?,17?,18-,20?/m1/s1. The van der Waals surface area contributed by atoms with Crippen molar-refractivity contribution in [3.05, 3.63) is 42.2 Å². The zero-order valence-corrected chi connectivity index (χ0v) is 14.9. The highest BCUT2D eigenvalue weighted by Crippen LogP contribution is 2.55. The molecule has 1 atom stereocenters. The minimum atomic E-state index is -0.402. The van der Waals surface area contributed by atoms with Crippen molar-refractivity contribution < 1.29 is 4.79 Å². The van der Waals surface area contributed by atoms with E-state index in [2.05, 4.69) is 33.0 Å². The van der Waals surface area contributed by atoms with Crippen molar-refractivity contribution in [2.24, 2.45) is 17.8 Å². The quantitative estimate of drug-likeness (QED) is 0.898. The Labute approximate surface area is 153 Å². The molecule has 26 heavy (non-hydrogen) atoms.